The van der Waals surface area contributed by atoms with Gasteiger partial charge in [0.05, 0.1) is 7.11 Å². The molecule has 2 rings (SSSR count). The van der Waals surface area contributed by atoms with E-state index in [1.54, 1.807) is 12.0 Å². The fraction of sp³-hybridized carbons (Fsp3) is 0.462. The Kier molecular flexibility index (Phi) is 10.1. The van der Waals surface area contributed by atoms with Gasteiger partial charge < -0.3 is 15.0 Å². The van der Waals surface area contributed by atoms with Crippen LogP contribution in [0.5, 0.6) is 5.75 Å². The van der Waals surface area contributed by atoms with Crippen molar-refractivity contribution in [3.05, 3.63) is 65.2 Å². The molecule has 0 spiro atoms. The lowest BCUT2D eigenvalue weighted by Gasteiger charge is -2.31. The molecule has 2 aromatic rings. The van der Waals surface area contributed by atoms with Gasteiger partial charge in [0.1, 0.15) is 11.8 Å². The first-order chi connectivity index (χ1) is 15.0. The number of nitrogens with one attached hydrogen (secondary N) is 1. The highest BCUT2D eigenvalue weighted by Crippen LogP contribution is 2.18. The monoisotopic (exact) mass is 424 g/mol. The lowest BCUT2D eigenvalue weighted by molar-refractivity contribution is -0.141. The molecular formula is C26H36N2O3. The van der Waals surface area contributed by atoms with Crippen molar-refractivity contribution >= 4 is 11.8 Å². The predicted octanol–water partition coefficient (Wildman–Crippen LogP) is 4.52. The van der Waals surface area contributed by atoms with Gasteiger partial charge in [0.2, 0.25) is 11.8 Å². The van der Waals surface area contributed by atoms with Crippen molar-refractivity contribution in [2.75, 3.05) is 13.7 Å². The van der Waals surface area contributed by atoms with E-state index in [2.05, 4.69) is 36.5 Å². The summed E-state index contributed by atoms with van der Waals surface area (Å²) in [5.74, 6) is 0.678. The van der Waals surface area contributed by atoms with Gasteiger partial charge in [-0.15, -0.1) is 0 Å². The molecule has 0 aromatic heterocycles. The van der Waals surface area contributed by atoms with Crippen LogP contribution in [-0.4, -0.2) is 36.4 Å². The fourth-order valence-corrected chi connectivity index (χ4v) is 3.55. The molecule has 1 N–H and O–H groups in total. The maximum atomic E-state index is 13.3. The van der Waals surface area contributed by atoms with E-state index in [-0.39, 0.29) is 11.8 Å². The molecule has 0 heterocycles. The Morgan fingerprint density at radius 1 is 0.935 bits per heavy atom. The van der Waals surface area contributed by atoms with E-state index in [1.165, 1.54) is 5.56 Å². The minimum atomic E-state index is -0.483. The first kappa shape index (κ1) is 24.4. The van der Waals surface area contributed by atoms with Crippen molar-refractivity contribution in [3.63, 3.8) is 0 Å². The standard InChI is InChI=1S/C26H36N2O3/c1-5-18-27-26(30)24(7-3)28(19-22-12-15-23(31-4)16-13-22)25(29)17-14-21-10-8-20(6-2)9-11-21/h8-13,15-16,24H,5-7,14,17-19H2,1-4H3,(H,27,30)/t24-/m1/s1. The van der Waals surface area contributed by atoms with Crippen molar-refractivity contribution < 1.29 is 14.3 Å². The van der Waals surface area contributed by atoms with E-state index in [9.17, 15) is 9.59 Å². The van der Waals surface area contributed by atoms with Crippen LogP contribution in [0.3, 0.4) is 0 Å². The second kappa shape index (κ2) is 12.8. The van der Waals surface area contributed by atoms with Gasteiger partial charge in [-0.05, 0) is 54.5 Å². The zero-order chi connectivity index (χ0) is 22.6. The lowest BCUT2D eigenvalue weighted by Crippen LogP contribution is -2.49. The van der Waals surface area contributed by atoms with E-state index in [4.69, 9.17) is 4.74 Å². The van der Waals surface area contributed by atoms with Crippen LogP contribution in [0.15, 0.2) is 48.5 Å². The number of hydrogen-bond donors (Lipinski definition) is 1. The molecule has 0 saturated heterocycles. The van der Waals surface area contributed by atoms with E-state index < -0.39 is 6.04 Å². The maximum absolute atomic E-state index is 13.3. The largest absolute Gasteiger partial charge is 0.497 e. The number of methoxy groups -OCH3 is 1. The summed E-state index contributed by atoms with van der Waals surface area (Å²) in [7, 11) is 1.63. The van der Waals surface area contributed by atoms with Crippen molar-refractivity contribution in [2.24, 2.45) is 0 Å². The highest BCUT2D eigenvalue weighted by Gasteiger charge is 2.28. The average Bonchev–Trinajstić information content (AvgIpc) is 2.81. The van der Waals surface area contributed by atoms with Crippen LogP contribution in [0, 0.1) is 0 Å². The van der Waals surface area contributed by atoms with Gasteiger partial charge in [0.15, 0.2) is 0 Å². The molecular weight excluding hydrogens is 388 g/mol. The fourth-order valence-electron chi connectivity index (χ4n) is 3.55. The molecule has 1 atom stereocenters. The summed E-state index contributed by atoms with van der Waals surface area (Å²) in [4.78, 5) is 27.8. The SMILES string of the molecule is CCCNC(=O)[C@@H](CC)N(Cc1ccc(OC)cc1)C(=O)CCc1ccc(CC)cc1. The normalized spacial score (nSPS) is 11.6. The van der Waals surface area contributed by atoms with Crippen molar-refractivity contribution in [1.82, 2.24) is 10.2 Å². The van der Waals surface area contributed by atoms with Gasteiger partial charge in [-0.3, -0.25) is 9.59 Å². The number of benzene rings is 2. The molecule has 2 amide bonds. The molecule has 5 nitrogen and oxygen atoms in total. The number of nitrogens with zero attached hydrogens (tertiary/aromatic N) is 1. The number of carbonyl (C=O) groups excluding carboxylic acids is 2. The zero-order valence-corrected chi connectivity index (χ0v) is 19.3. The summed E-state index contributed by atoms with van der Waals surface area (Å²) in [6, 6.07) is 15.6. The Balaban J connectivity index is 2.16. The van der Waals surface area contributed by atoms with Crippen LogP contribution in [0.2, 0.25) is 0 Å². The van der Waals surface area contributed by atoms with Crippen LogP contribution in [0.1, 0.15) is 56.7 Å². The molecule has 0 aliphatic rings. The molecule has 5 heteroatoms. The van der Waals surface area contributed by atoms with Gasteiger partial charge >= 0.3 is 0 Å². The Bertz CT molecular complexity index is 816. The molecule has 0 radical (unpaired) electrons. The number of carbonyl (C=O) groups is 2. The third-order valence-corrected chi connectivity index (χ3v) is 5.51. The molecule has 0 fully saturated rings. The van der Waals surface area contributed by atoms with E-state index >= 15 is 0 Å². The first-order valence-corrected chi connectivity index (χ1v) is 11.3. The van der Waals surface area contributed by atoms with Crippen LogP contribution in [0.25, 0.3) is 0 Å². The van der Waals surface area contributed by atoms with Gasteiger partial charge in [0, 0.05) is 19.5 Å². The van der Waals surface area contributed by atoms with E-state index in [0.29, 0.717) is 32.4 Å². The Hall–Kier alpha value is -2.82. The van der Waals surface area contributed by atoms with Gasteiger partial charge in [-0.2, -0.15) is 0 Å². The highest BCUT2D eigenvalue weighted by molar-refractivity contribution is 5.87. The molecule has 0 aliphatic heterocycles. The second-order valence-electron chi connectivity index (χ2n) is 7.75. The summed E-state index contributed by atoms with van der Waals surface area (Å²) in [5, 5.41) is 2.96. The van der Waals surface area contributed by atoms with Gasteiger partial charge in [-0.25, -0.2) is 0 Å². The maximum Gasteiger partial charge on any atom is 0.242 e. The Morgan fingerprint density at radius 2 is 1.55 bits per heavy atom. The minimum Gasteiger partial charge on any atom is -0.497 e. The Morgan fingerprint density at radius 3 is 2.10 bits per heavy atom. The summed E-state index contributed by atoms with van der Waals surface area (Å²) >= 11 is 0. The molecule has 0 bridgehead atoms. The van der Waals surface area contributed by atoms with Gasteiger partial charge in [0.25, 0.3) is 0 Å². The molecule has 168 valence electrons. The molecule has 0 saturated carbocycles. The Labute approximate surface area is 186 Å². The predicted molar refractivity (Wildman–Crippen MR) is 125 cm³/mol. The molecule has 2 aromatic carbocycles. The average molecular weight is 425 g/mol. The number of hydrogen-bond acceptors (Lipinski definition) is 3. The summed E-state index contributed by atoms with van der Waals surface area (Å²) in [5.41, 5.74) is 3.40. The smallest absolute Gasteiger partial charge is 0.242 e. The first-order valence-electron chi connectivity index (χ1n) is 11.3. The van der Waals surface area contributed by atoms with Crippen molar-refractivity contribution in [3.8, 4) is 5.75 Å². The number of amides is 2. The van der Waals surface area contributed by atoms with Crippen LogP contribution >= 0.6 is 0 Å². The van der Waals surface area contributed by atoms with Crippen LogP contribution in [-0.2, 0) is 29.0 Å². The number of ether oxygens (including phenoxy) is 1. The highest BCUT2D eigenvalue weighted by atomic mass is 16.5. The zero-order valence-electron chi connectivity index (χ0n) is 19.3. The molecule has 0 unspecified atom stereocenters. The summed E-state index contributed by atoms with van der Waals surface area (Å²) in [6.07, 6.45) is 3.47. The number of aryl methyl sites for hydroxylation is 2. The lowest BCUT2D eigenvalue weighted by atomic mass is 10.0. The van der Waals surface area contributed by atoms with Crippen molar-refractivity contribution in [1.29, 1.82) is 0 Å². The van der Waals surface area contributed by atoms with Crippen molar-refractivity contribution in [2.45, 2.75) is 65.5 Å². The molecule has 31 heavy (non-hydrogen) atoms. The quantitative estimate of drug-likeness (QED) is 0.545. The number of rotatable bonds is 12. The molecule has 0 aliphatic carbocycles. The minimum absolute atomic E-state index is 0.00566. The van der Waals surface area contributed by atoms with Crippen LogP contribution < -0.4 is 10.1 Å². The van der Waals surface area contributed by atoms with Gasteiger partial charge in [-0.1, -0.05) is 57.2 Å². The summed E-state index contributed by atoms with van der Waals surface area (Å²) in [6.45, 7) is 7.11. The second-order valence-corrected chi connectivity index (χ2v) is 7.75. The van der Waals surface area contributed by atoms with Crippen LogP contribution in [0.4, 0.5) is 0 Å². The third-order valence-electron chi connectivity index (χ3n) is 5.51. The van der Waals surface area contributed by atoms with E-state index in [1.807, 2.05) is 38.1 Å². The topological polar surface area (TPSA) is 58.6 Å². The third kappa shape index (κ3) is 7.42. The van der Waals surface area contributed by atoms with E-state index in [0.717, 1.165) is 29.7 Å². The summed E-state index contributed by atoms with van der Waals surface area (Å²) < 4.78 is 5.23.